The molecule has 0 aliphatic rings. The molecule has 2 heterocycles. The Morgan fingerprint density at radius 3 is 2.59 bits per heavy atom. The van der Waals surface area contributed by atoms with E-state index in [2.05, 4.69) is 20.6 Å². The molecule has 3 rings (SSSR count). The molecule has 1 aromatic carbocycles. The average molecular weight is 485 g/mol. The first-order valence-corrected chi connectivity index (χ1v) is 10.3. The molecule has 1 atom stereocenters. The number of anilines is 1. The minimum atomic E-state index is -4.69. The van der Waals surface area contributed by atoms with Crippen molar-refractivity contribution in [1.29, 1.82) is 0 Å². The third-order valence-electron chi connectivity index (χ3n) is 4.06. The van der Waals surface area contributed by atoms with Crippen molar-refractivity contribution < 1.29 is 27.5 Å². The highest BCUT2D eigenvalue weighted by molar-refractivity contribution is 7.13. The van der Waals surface area contributed by atoms with E-state index in [0.717, 1.165) is 23.1 Å². The number of amides is 2. The summed E-state index contributed by atoms with van der Waals surface area (Å²) in [4.78, 5) is 32.2. The van der Waals surface area contributed by atoms with E-state index in [1.54, 1.807) is 6.92 Å². The summed E-state index contributed by atoms with van der Waals surface area (Å²) >= 11 is 6.46. The predicted molar refractivity (Wildman–Crippen MR) is 112 cm³/mol. The second-order valence-electron chi connectivity index (χ2n) is 6.45. The number of alkyl halides is 3. The summed E-state index contributed by atoms with van der Waals surface area (Å²) in [7, 11) is 0. The van der Waals surface area contributed by atoms with Gasteiger partial charge in [0, 0.05) is 12.7 Å². The second-order valence-corrected chi connectivity index (χ2v) is 7.92. The van der Waals surface area contributed by atoms with Crippen LogP contribution < -0.4 is 10.6 Å². The molecule has 0 fully saturated rings. The van der Waals surface area contributed by atoms with Crippen molar-refractivity contribution >= 4 is 40.8 Å². The molecule has 0 bridgehead atoms. The fourth-order valence-electron chi connectivity index (χ4n) is 2.51. The lowest BCUT2D eigenvalue weighted by molar-refractivity contribution is -0.137. The topological polar surface area (TPSA) is 93.2 Å². The molecule has 0 unspecified atom stereocenters. The van der Waals surface area contributed by atoms with Crippen molar-refractivity contribution in [3.8, 4) is 0 Å². The zero-order valence-electron chi connectivity index (χ0n) is 16.4. The van der Waals surface area contributed by atoms with Gasteiger partial charge in [-0.05, 0) is 18.6 Å². The maximum absolute atomic E-state index is 13.0. The Morgan fingerprint density at radius 1 is 1.19 bits per heavy atom. The summed E-state index contributed by atoms with van der Waals surface area (Å²) in [5.74, 6) is -1.02. The maximum atomic E-state index is 13.0. The van der Waals surface area contributed by atoms with Gasteiger partial charge in [-0.1, -0.05) is 41.9 Å². The molecule has 168 valence electrons. The van der Waals surface area contributed by atoms with Crippen molar-refractivity contribution in [2.45, 2.75) is 25.7 Å². The third-order valence-corrected chi connectivity index (χ3v) is 5.52. The van der Waals surface area contributed by atoms with Crippen molar-refractivity contribution in [2.24, 2.45) is 0 Å². The van der Waals surface area contributed by atoms with Crippen molar-refractivity contribution in [3.63, 3.8) is 0 Å². The number of rotatable bonds is 6. The minimum absolute atomic E-state index is 0.102. The molecule has 32 heavy (non-hydrogen) atoms. The molecule has 2 aromatic heterocycles. The summed E-state index contributed by atoms with van der Waals surface area (Å²) in [6, 6.07) is 9.89. The van der Waals surface area contributed by atoms with Crippen LogP contribution in [0.4, 0.5) is 23.8 Å². The van der Waals surface area contributed by atoms with Crippen LogP contribution in [0.2, 0.25) is 5.02 Å². The SMILES string of the molecule is C[C@H](OC(=O)NCc1ccccc1)c1ncc(C(=O)Nc2cc(C(F)(F)F)c(Cl)cn2)s1. The van der Waals surface area contributed by atoms with Crippen LogP contribution in [0.25, 0.3) is 0 Å². The van der Waals surface area contributed by atoms with E-state index in [1.807, 2.05) is 30.3 Å². The lowest BCUT2D eigenvalue weighted by Gasteiger charge is -2.11. The van der Waals surface area contributed by atoms with Crippen LogP contribution in [0.15, 0.2) is 48.8 Å². The van der Waals surface area contributed by atoms with Crippen molar-refractivity contribution in [1.82, 2.24) is 15.3 Å². The van der Waals surface area contributed by atoms with Crippen LogP contribution in [-0.4, -0.2) is 22.0 Å². The molecule has 0 saturated heterocycles. The molecule has 2 N–H and O–H groups in total. The number of pyridine rings is 1. The van der Waals surface area contributed by atoms with E-state index in [1.165, 1.54) is 6.20 Å². The van der Waals surface area contributed by atoms with Gasteiger partial charge in [-0.25, -0.2) is 14.8 Å². The molecule has 0 aliphatic heterocycles. The highest BCUT2D eigenvalue weighted by Crippen LogP contribution is 2.35. The number of carbonyl (C=O) groups excluding carboxylic acids is 2. The van der Waals surface area contributed by atoms with Crippen LogP contribution in [-0.2, 0) is 17.5 Å². The standard InChI is InChI=1S/C20H16ClF3N4O3S/c1-11(31-19(30)27-8-12-5-3-2-4-6-12)18-26-10-15(32-18)17(29)28-16-7-13(20(22,23)24)14(21)9-25-16/h2-7,9-11H,8H2,1H3,(H,27,30)(H,25,28,29)/t11-/m0/s1. The van der Waals surface area contributed by atoms with Gasteiger partial charge in [0.05, 0.1) is 16.8 Å². The average Bonchev–Trinajstić information content (AvgIpc) is 3.24. The van der Waals surface area contributed by atoms with E-state index < -0.39 is 34.9 Å². The molecule has 7 nitrogen and oxygen atoms in total. The highest BCUT2D eigenvalue weighted by atomic mass is 35.5. The van der Waals surface area contributed by atoms with Crippen LogP contribution >= 0.6 is 22.9 Å². The predicted octanol–water partition coefficient (Wildman–Crippen LogP) is 5.45. The van der Waals surface area contributed by atoms with Crippen LogP contribution in [0.5, 0.6) is 0 Å². The van der Waals surface area contributed by atoms with Gasteiger partial charge in [0.1, 0.15) is 15.7 Å². The van der Waals surface area contributed by atoms with Gasteiger partial charge in [0.2, 0.25) is 0 Å². The monoisotopic (exact) mass is 484 g/mol. The molecule has 12 heteroatoms. The van der Waals surface area contributed by atoms with Gasteiger partial charge in [0.15, 0.2) is 6.10 Å². The smallest absolute Gasteiger partial charge is 0.418 e. The first kappa shape index (κ1) is 23.5. The van der Waals surface area contributed by atoms with Gasteiger partial charge in [-0.15, -0.1) is 11.3 Å². The Morgan fingerprint density at radius 2 is 1.91 bits per heavy atom. The summed E-state index contributed by atoms with van der Waals surface area (Å²) in [5, 5.41) is 4.64. The number of aromatic nitrogens is 2. The van der Waals surface area contributed by atoms with Gasteiger partial charge in [-0.2, -0.15) is 13.2 Å². The lowest BCUT2D eigenvalue weighted by Crippen LogP contribution is -2.24. The number of nitrogens with one attached hydrogen (secondary N) is 2. The highest BCUT2D eigenvalue weighted by Gasteiger charge is 2.34. The Hall–Kier alpha value is -3.18. The van der Waals surface area contributed by atoms with E-state index in [9.17, 15) is 22.8 Å². The van der Waals surface area contributed by atoms with E-state index in [-0.39, 0.29) is 17.2 Å². The molecular weight excluding hydrogens is 469 g/mol. The van der Waals surface area contributed by atoms with Gasteiger partial charge in [0.25, 0.3) is 5.91 Å². The van der Waals surface area contributed by atoms with Gasteiger partial charge < -0.3 is 15.4 Å². The van der Waals surface area contributed by atoms with Gasteiger partial charge >= 0.3 is 12.3 Å². The quantitative estimate of drug-likeness (QED) is 0.485. The van der Waals surface area contributed by atoms with E-state index in [0.29, 0.717) is 11.1 Å². The summed E-state index contributed by atoms with van der Waals surface area (Å²) in [6.45, 7) is 1.87. The molecule has 0 radical (unpaired) electrons. The Balaban J connectivity index is 1.58. The minimum Gasteiger partial charge on any atom is -0.439 e. The normalized spacial score (nSPS) is 12.2. The number of thiazole rings is 1. The number of benzene rings is 1. The fourth-order valence-corrected chi connectivity index (χ4v) is 3.51. The molecule has 0 saturated carbocycles. The first-order chi connectivity index (χ1) is 15.1. The molecule has 2 amide bonds. The first-order valence-electron chi connectivity index (χ1n) is 9.11. The Kier molecular flexibility index (Phi) is 7.31. The summed E-state index contributed by atoms with van der Waals surface area (Å²) in [6.07, 6.45) is -4.06. The lowest BCUT2D eigenvalue weighted by atomic mass is 10.2. The molecule has 0 spiro atoms. The molecular formula is C20H16ClF3N4O3S. The summed E-state index contributed by atoms with van der Waals surface area (Å²) in [5.41, 5.74) is -0.215. The fraction of sp³-hybridized carbons (Fsp3) is 0.200. The number of nitrogens with zero attached hydrogens (tertiary/aromatic N) is 2. The molecule has 0 aliphatic carbocycles. The maximum Gasteiger partial charge on any atom is 0.418 e. The second kappa shape index (κ2) is 9.96. The molecule has 3 aromatic rings. The van der Waals surface area contributed by atoms with E-state index in [4.69, 9.17) is 16.3 Å². The number of hydrogen-bond donors (Lipinski definition) is 2. The number of carbonyl (C=O) groups is 2. The largest absolute Gasteiger partial charge is 0.439 e. The number of halogens is 4. The number of hydrogen-bond acceptors (Lipinski definition) is 6. The van der Waals surface area contributed by atoms with Crippen LogP contribution in [0, 0.1) is 0 Å². The number of alkyl carbamates (subject to hydrolysis) is 1. The van der Waals surface area contributed by atoms with Crippen molar-refractivity contribution in [2.75, 3.05) is 5.32 Å². The van der Waals surface area contributed by atoms with E-state index >= 15 is 0 Å². The van der Waals surface area contributed by atoms with Crippen LogP contribution in [0.1, 0.15) is 38.8 Å². The van der Waals surface area contributed by atoms with Gasteiger partial charge in [-0.3, -0.25) is 4.79 Å². The Bertz CT molecular complexity index is 1110. The Labute approximate surface area is 189 Å². The van der Waals surface area contributed by atoms with Crippen LogP contribution in [0.3, 0.4) is 0 Å². The zero-order chi connectivity index (χ0) is 23.3. The summed E-state index contributed by atoms with van der Waals surface area (Å²) < 4.78 is 44.1. The van der Waals surface area contributed by atoms with Crippen molar-refractivity contribution in [3.05, 3.63) is 74.8 Å². The third kappa shape index (κ3) is 6.17. The number of ether oxygens (including phenoxy) is 1. The zero-order valence-corrected chi connectivity index (χ0v) is 18.0.